The number of piperidine rings is 1. The number of nitrogens with one attached hydrogen (secondary N) is 1. The van der Waals surface area contributed by atoms with Gasteiger partial charge in [-0.25, -0.2) is 4.79 Å². The fourth-order valence-electron chi connectivity index (χ4n) is 3.51. The van der Waals surface area contributed by atoms with Crippen molar-refractivity contribution in [3.05, 3.63) is 64.6 Å². The highest BCUT2D eigenvalue weighted by Crippen LogP contribution is 2.25. The van der Waals surface area contributed by atoms with Crippen molar-refractivity contribution in [1.82, 2.24) is 25.0 Å². The summed E-state index contributed by atoms with van der Waals surface area (Å²) in [5.74, 6) is -0.744. The third-order valence-electron chi connectivity index (χ3n) is 4.92. The van der Waals surface area contributed by atoms with Crippen molar-refractivity contribution in [3.63, 3.8) is 0 Å². The lowest BCUT2D eigenvalue weighted by Gasteiger charge is -2.21. The number of hydrogen-bond donors (Lipinski definition) is 1. The summed E-state index contributed by atoms with van der Waals surface area (Å²) in [5, 5.41) is 6.21. The van der Waals surface area contributed by atoms with E-state index in [-0.39, 0.29) is 18.7 Å². The van der Waals surface area contributed by atoms with E-state index >= 15 is 0 Å². The molecule has 5 rings (SSSR count). The summed E-state index contributed by atoms with van der Waals surface area (Å²) in [6.07, 6.45) is 2.37. The molecule has 0 aliphatic carbocycles. The third-order valence-corrected chi connectivity index (χ3v) is 4.92. The molecule has 1 aromatic carbocycles. The standard InChI is InChI=1S/C20H15N5O5/c26-16-7-5-13(19(27)22-16)25-14-9-11(4-6-15(14)29-20(25)28)10-17-23-18(24-30-17)12-3-1-2-8-21-12/h1-4,6,8-9,13H,5,7,10H2,(H,22,26,27). The molecule has 10 heteroatoms. The summed E-state index contributed by atoms with van der Waals surface area (Å²) in [5.41, 5.74) is 2.22. The first-order chi connectivity index (χ1) is 14.6. The minimum absolute atomic E-state index is 0.160. The predicted molar refractivity (Wildman–Crippen MR) is 102 cm³/mol. The molecular formula is C20H15N5O5. The maximum absolute atomic E-state index is 12.4. The van der Waals surface area contributed by atoms with Crippen LogP contribution in [0.2, 0.25) is 0 Å². The van der Waals surface area contributed by atoms with Crippen LogP contribution in [0.3, 0.4) is 0 Å². The molecule has 1 fully saturated rings. The molecule has 1 N–H and O–H groups in total. The molecule has 1 saturated heterocycles. The van der Waals surface area contributed by atoms with Crippen LogP contribution >= 0.6 is 0 Å². The number of oxazole rings is 1. The number of fused-ring (bicyclic) bond motifs is 1. The van der Waals surface area contributed by atoms with Crippen LogP contribution in [0, 0.1) is 0 Å². The lowest BCUT2D eigenvalue weighted by molar-refractivity contribution is -0.135. The maximum Gasteiger partial charge on any atom is 0.420 e. The largest absolute Gasteiger partial charge is 0.420 e. The van der Waals surface area contributed by atoms with Gasteiger partial charge in [-0.15, -0.1) is 0 Å². The van der Waals surface area contributed by atoms with Crippen molar-refractivity contribution in [2.24, 2.45) is 0 Å². The van der Waals surface area contributed by atoms with E-state index in [1.807, 2.05) is 6.07 Å². The molecule has 10 nitrogen and oxygen atoms in total. The first-order valence-electron chi connectivity index (χ1n) is 9.30. The first kappa shape index (κ1) is 18.0. The normalized spacial score (nSPS) is 16.7. The summed E-state index contributed by atoms with van der Waals surface area (Å²) in [4.78, 5) is 44.6. The van der Waals surface area contributed by atoms with Gasteiger partial charge in [-0.2, -0.15) is 4.98 Å². The number of carbonyl (C=O) groups is 2. The molecule has 2 amide bonds. The minimum Gasteiger partial charge on any atom is -0.408 e. The van der Waals surface area contributed by atoms with Crippen LogP contribution in [-0.2, 0) is 16.0 Å². The molecule has 0 saturated carbocycles. The maximum atomic E-state index is 12.4. The zero-order valence-corrected chi connectivity index (χ0v) is 15.6. The molecular weight excluding hydrogens is 390 g/mol. The fraction of sp³-hybridized carbons (Fsp3) is 0.200. The number of aromatic nitrogens is 4. The molecule has 3 aromatic heterocycles. The molecule has 150 valence electrons. The van der Waals surface area contributed by atoms with Crippen molar-refractivity contribution in [3.8, 4) is 11.5 Å². The molecule has 1 aliphatic heterocycles. The van der Waals surface area contributed by atoms with E-state index in [2.05, 4.69) is 20.4 Å². The van der Waals surface area contributed by atoms with Crippen molar-refractivity contribution in [2.45, 2.75) is 25.3 Å². The van der Waals surface area contributed by atoms with Crippen molar-refractivity contribution in [1.29, 1.82) is 0 Å². The second-order valence-electron chi connectivity index (χ2n) is 6.91. The molecule has 30 heavy (non-hydrogen) atoms. The Morgan fingerprint density at radius 1 is 1.17 bits per heavy atom. The number of hydrogen-bond acceptors (Lipinski definition) is 8. The van der Waals surface area contributed by atoms with Gasteiger partial charge in [0, 0.05) is 12.6 Å². The topological polar surface area (TPSA) is 133 Å². The Morgan fingerprint density at radius 3 is 2.87 bits per heavy atom. The van der Waals surface area contributed by atoms with Gasteiger partial charge >= 0.3 is 5.76 Å². The van der Waals surface area contributed by atoms with Crippen LogP contribution in [0.4, 0.5) is 0 Å². The van der Waals surface area contributed by atoms with Crippen LogP contribution in [0.25, 0.3) is 22.6 Å². The number of pyridine rings is 1. The quantitative estimate of drug-likeness (QED) is 0.506. The van der Waals surface area contributed by atoms with Gasteiger partial charge in [0.25, 0.3) is 0 Å². The summed E-state index contributed by atoms with van der Waals surface area (Å²) in [7, 11) is 0. The predicted octanol–water partition coefficient (Wildman–Crippen LogP) is 1.61. The number of carbonyl (C=O) groups excluding carboxylic acids is 2. The average Bonchev–Trinajstić information content (AvgIpc) is 3.33. The summed E-state index contributed by atoms with van der Waals surface area (Å²) >= 11 is 0. The van der Waals surface area contributed by atoms with E-state index < -0.39 is 17.7 Å². The van der Waals surface area contributed by atoms with Gasteiger partial charge in [0.05, 0.1) is 11.9 Å². The Bertz CT molecular complexity index is 1320. The van der Waals surface area contributed by atoms with E-state index in [0.29, 0.717) is 34.9 Å². The van der Waals surface area contributed by atoms with Gasteiger partial charge in [-0.3, -0.25) is 24.5 Å². The van der Waals surface area contributed by atoms with E-state index in [9.17, 15) is 14.4 Å². The second-order valence-corrected chi connectivity index (χ2v) is 6.91. The number of nitrogens with zero attached hydrogens (tertiary/aromatic N) is 4. The molecule has 0 spiro atoms. The first-order valence-corrected chi connectivity index (χ1v) is 9.30. The highest BCUT2D eigenvalue weighted by molar-refractivity contribution is 6.00. The minimum atomic E-state index is -0.800. The van der Waals surface area contributed by atoms with Crippen molar-refractivity contribution in [2.75, 3.05) is 0 Å². The van der Waals surface area contributed by atoms with Crippen LogP contribution in [-0.4, -0.2) is 31.5 Å². The van der Waals surface area contributed by atoms with E-state index in [0.717, 1.165) is 5.56 Å². The Morgan fingerprint density at radius 2 is 2.07 bits per heavy atom. The van der Waals surface area contributed by atoms with Crippen LogP contribution in [0.1, 0.15) is 30.3 Å². The van der Waals surface area contributed by atoms with E-state index in [4.69, 9.17) is 8.94 Å². The van der Waals surface area contributed by atoms with Gasteiger partial charge in [0.2, 0.25) is 23.5 Å². The highest BCUT2D eigenvalue weighted by Gasteiger charge is 2.31. The monoisotopic (exact) mass is 405 g/mol. The van der Waals surface area contributed by atoms with Gasteiger partial charge in [0.1, 0.15) is 11.7 Å². The third kappa shape index (κ3) is 3.17. The van der Waals surface area contributed by atoms with Gasteiger partial charge < -0.3 is 8.94 Å². The Kier molecular flexibility index (Phi) is 4.24. The van der Waals surface area contributed by atoms with Crippen LogP contribution < -0.4 is 11.1 Å². The summed E-state index contributed by atoms with van der Waals surface area (Å²) in [6, 6.07) is 9.80. The molecule has 4 heterocycles. The summed E-state index contributed by atoms with van der Waals surface area (Å²) < 4.78 is 11.9. The SMILES string of the molecule is O=C1CCC(n2c(=O)oc3ccc(Cc4nc(-c5ccccn5)no4)cc32)C(=O)N1. The van der Waals surface area contributed by atoms with Gasteiger partial charge in [-0.05, 0) is 36.2 Å². The fourth-order valence-corrected chi connectivity index (χ4v) is 3.51. The lowest BCUT2D eigenvalue weighted by Crippen LogP contribution is -2.43. The zero-order valence-electron chi connectivity index (χ0n) is 15.6. The highest BCUT2D eigenvalue weighted by atomic mass is 16.5. The molecule has 1 atom stereocenters. The zero-order chi connectivity index (χ0) is 20.7. The molecule has 0 radical (unpaired) electrons. The van der Waals surface area contributed by atoms with Crippen molar-refractivity contribution >= 4 is 22.9 Å². The Labute approximate surface area is 168 Å². The molecule has 4 aromatic rings. The number of rotatable bonds is 4. The Balaban J connectivity index is 1.47. The number of amides is 2. The average molecular weight is 405 g/mol. The smallest absolute Gasteiger partial charge is 0.408 e. The van der Waals surface area contributed by atoms with Gasteiger partial charge in [0.15, 0.2) is 5.58 Å². The van der Waals surface area contributed by atoms with Crippen LogP contribution in [0.5, 0.6) is 0 Å². The lowest BCUT2D eigenvalue weighted by atomic mass is 10.1. The molecule has 0 bridgehead atoms. The Hall–Kier alpha value is -4.08. The number of imide groups is 1. The molecule has 1 unspecified atom stereocenters. The van der Waals surface area contributed by atoms with E-state index in [1.165, 1.54) is 4.57 Å². The van der Waals surface area contributed by atoms with Crippen LogP contribution in [0.15, 0.2) is 56.3 Å². The molecule has 1 aliphatic rings. The summed E-state index contributed by atoms with van der Waals surface area (Å²) in [6.45, 7) is 0. The second kappa shape index (κ2) is 7.07. The number of benzene rings is 1. The van der Waals surface area contributed by atoms with E-state index in [1.54, 1.807) is 36.5 Å². The van der Waals surface area contributed by atoms with Crippen molar-refractivity contribution < 1.29 is 18.5 Å². The van der Waals surface area contributed by atoms with Gasteiger partial charge in [-0.1, -0.05) is 17.3 Å².